The van der Waals surface area contributed by atoms with Gasteiger partial charge in [0.15, 0.2) is 4.90 Å². The van der Waals surface area contributed by atoms with Crippen LogP contribution in [0.25, 0.3) is 0 Å². The molecule has 10 nitrogen and oxygen atoms in total. The van der Waals surface area contributed by atoms with E-state index in [4.69, 9.17) is 4.74 Å². The molecule has 0 saturated carbocycles. The van der Waals surface area contributed by atoms with Gasteiger partial charge in [-0.15, -0.1) is 0 Å². The second-order valence-electron chi connectivity index (χ2n) is 7.68. The van der Waals surface area contributed by atoms with Gasteiger partial charge in [-0.25, -0.2) is 16.8 Å². The molecular weight excluding hydrogens is 458 g/mol. The van der Waals surface area contributed by atoms with Gasteiger partial charge in [-0.3, -0.25) is 14.8 Å². The first-order chi connectivity index (χ1) is 15.0. The lowest BCUT2D eigenvalue weighted by atomic mass is 10.0. The molecule has 1 saturated heterocycles. The van der Waals surface area contributed by atoms with Crippen LogP contribution in [0, 0.1) is 10.1 Å². The summed E-state index contributed by atoms with van der Waals surface area (Å²) in [6.07, 6.45) is 2.52. The monoisotopic (exact) mass is 483 g/mol. The molecule has 174 valence electrons. The van der Waals surface area contributed by atoms with Crippen LogP contribution in [0.1, 0.15) is 33.1 Å². The van der Waals surface area contributed by atoms with E-state index in [2.05, 4.69) is 4.72 Å². The number of nitrogens with one attached hydrogen (secondary N) is 1. The Morgan fingerprint density at radius 3 is 2.16 bits per heavy atom. The smallest absolute Gasteiger partial charge is 0.293 e. The highest BCUT2D eigenvalue weighted by Gasteiger charge is 2.35. The van der Waals surface area contributed by atoms with Gasteiger partial charge in [0.1, 0.15) is 5.75 Å². The summed E-state index contributed by atoms with van der Waals surface area (Å²) in [5, 5.41) is 11.3. The topological polar surface area (TPSA) is 136 Å². The fourth-order valence-corrected chi connectivity index (χ4v) is 6.99. The SMILES string of the molecule is COc1ccc(S(=O)(=O)Nc2ccc(S(=O)(=O)N3C(C)CCCC3C)cc2)c([N+](=O)[O-])c1. The Bertz CT molecular complexity index is 1200. The van der Waals surface area contributed by atoms with Gasteiger partial charge in [0, 0.05) is 17.8 Å². The van der Waals surface area contributed by atoms with Gasteiger partial charge in [0.05, 0.1) is 23.0 Å². The molecule has 12 heteroatoms. The van der Waals surface area contributed by atoms with Gasteiger partial charge >= 0.3 is 0 Å². The summed E-state index contributed by atoms with van der Waals surface area (Å²) in [6.45, 7) is 3.74. The minimum Gasteiger partial charge on any atom is -0.497 e. The highest BCUT2D eigenvalue weighted by molar-refractivity contribution is 7.93. The molecule has 2 atom stereocenters. The van der Waals surface area contributed by atoms with Crippen molar-refractivity contribution in [3.8, 4) is 5.75 Å². The Balaban J connectivity index is 1.88. The number of hydrogen-bond donors (Lipinski definition) is 1. The van der Waals surface area contributed by atoms with Crippen LogP contribution in [-0.4, -0.2) is 45.3 Å². The number of sulfonamides is 2. The molecular formula is C20H25N3O7S2. The average Bonchev–Trinajstić information content (AvgIpc) is 2.73. The number of hydrogen-bond acceptors (Lipinski definition) is 7. The summed E-state index contributed by atoms with van der Waals surface area (Å²) in [6, 6.07) is 8.43. The van der Waals surface area contributed by atoms with Gasteiger partial charge in [-0.05, 0) is 63.1 Å². The van der Waals surface area contributed by atoms with Crippen molar-refractivity contribution < 1.29 is 26.5 Å². The zero-order valence-corrected chi connectivity index (χ0v) is 19.5. The van der Waals surface area contributed by atoms with E-state index < -0.39 is 35.6 Å². The molecule has 0 bridgehead atoms. The first kappa shape index (κ1) is 24.0. The van der Waals surface area contributed by atoms with Crippen LogP contribution in [0.2, 0.25) is 0 Å². The Hall–Kier alpha value is -2.70. The standard InChI is InChI=1S/C20H25N3O7S2/c1-14-5-4-6-15(2)22(14)32(28,29)18-10-7-16(8-11-18)21-31(26,27)20-12-9-17(30-3)13-19(20)23(24)25/h7-15,21H,4-6H2,1-3H3. The van der Waals surface area contributed by atoms with Crippen LogP contribution in [-0.2, 0) is 20.0 Å². The maximum absolute atomic E-state index is 13.1. The maximum Gasteiger partial charge on any atom is 0.293 e. The lowest BCUT2D eigenvalue weighted by molar-refractivity contribution is -0.387. The molecule has 0 radical (unpaired) electrons. The van der Waals surface area contributed by atoms with E-state index in [0.717, 1.165) is 31.4 Å². The van der Waals surface area contributed by atoms with Crippen LogP contribution in [0.3, 0.4) is 0 Å². The summed E-state index contributed by atoms with van der Waals surface area (Å²) < 4.78 is 60.4. The minimum absolute atomic E-state index is 0.0523. The molecule has 0 amide bonds. The fourth-order valence-electron chi connectivity index (χ4n) is 3.89. The number of nitro groups is 1. The van der Waals surface area contributed by atoms with Crippen molar-refractivity contribution in [3.05, 3.63) is 52.6 Å². The van der Waals surface area contributed by atoms with Gasteiger partial charge in [-0.2, -0.15) is 4.31 Å². The molecule has 1 N–H and O–H groups in total. The van der Waals surface area contributed by atoms with E-state index in [-0.39, 0.29) is 28.4 Å². The molecule has 0 spiro atoms. The van der Waals surface area contributed by atoms with Crippen molar-refractivity contribution in [2.75, 3.05) is 11.8 Å². The van der Waals surface area contributed by atoms with E-state index in [1.54, 1.807) is 0 Å². The van der Waals surface area contributed by atoms with Crippen molar-refractivity contribution >= 4 is 31.4 Å². The molecule has 1 aliphatic rings. The quantitative estimate of drug-likeness (QED) is 0.471. The summed E-state index contributed by atoms with van der Waals surface area (Å²) in [7, 11) is -6.74. The second-order valence-corrected chi connectivity index (χ2v) is 11.2. The number of rotatable bonds is 7. The van der Waals surface area contributed by atoms with E-state index in [9.17, 15) is 26.9 Å². The lowest BCUT2D eigenvalue weighted by Gasteiger charge is -2.37. The number of nitro benzene ring substituents is 1. The number of methoxy groups -OCH3 is 1. The third kappa shape index (κ3) is 4.71. The van der Waals surface area contributed by atoms with Gasteiger partial charge in [-0.1, -0.05) is 6.42 Å². The van der Waals surface area contributed by atoms with Gasteiger partial charge < -0.3 is 4.74 Å². The average molecular weight is 484 g/mol. The summed E-state index contributed by atoms with van der Waals surface area (Å²) >= 11 is 0. The van der Waals surface area contributed by atoms with Gasteiger partial charge in [0.2, 0.25) is 10.0 Å². The Labute approximate surface area is 187 Å². The highest BCUT2D eigenvalue weighted by atomic mass is 32.2. The first-order valence-corrected chi connectivity index (χ1v) is 12.9. The Morgan fingerprint density at radius 2 is 1.62 bits per heavy atom. The predicted molar refractivity (Wildman–Crippen MR) is 119 cm³/mol. The van der Waals surface area contributed by atoms with Crippen molar-refractivity contribution in [2.45, 2.75) is 55.0 Å². The van der Waals surface area contributed by atoms with Crippen molar-refractivity contribution in [2.24, 2.45) is 0 Å². The van der Waals surface area contributed by atoms with Crippen molar-refractivity contribution in [1.82, 2.24) is 4.31 Å². The van der Waals surface area contributed by atoms with Crippen molar-refractivity contribution in [1.29, 1.82) is 0 Å². The van der Waals surface area contributed by atoms with Gasteiger partial charge in [0.25, 0.3) is 15.7 Å². The van der Waals surface area contributed by atoms with Crippen LogP contribution in [0.15, 0.2) is 52.3 Å². The van der Waals surface area contributed by atoms with Crippen LogP contribution < -0.4 is 9.46 Å². The molecule has 3 rings (SSSR count). The van der Waals surface area contributed by atoms with Crippen LogP contribution >= 0.6 is 0 Å². The Kier molecular flexibility index (Phi) is 6.77. The molecule has 2 aromatic rings. The number of nitrogens with zero attached hydrogens (tertiary/aromatic N) is 2. The summed E-state index contributed by atoms with van der Waals surface area (Å²) in [5.74, 6) is 0.145. The summed E-state index contributed by atoms with van der Waals surface area (Å²) in [5.41, 5.74) is -0.557. The Morgan fingerprint density at radius 1 is 1.03 bits per heavy atom. The number of piperidine rings is 1. The van der Waals surface area contributed by atoms with Crippen LogP contribution in [0.5, 0.6) is 5.75 Å². The first-order valence-electron chi connectivity index (χ1n) is 9.96. The largest absolute Gasteiger partial charge is 0.497 e. The minimum atomic E-state index is -4.31. The molecule has 2 unspecified atom stereocenters. The third-order valence-corrected chi connectivity index (χ3v) is 9.02. The number of benzene rings is 2. The molecule has 32 heavy (non-hydrogen) atoms. The third-order valence-electron chi connectivity index (χ3n) is 5.45. The highest BCUT2D eigenvalue weighted by Crippen LogP contribution is 2.32. The number of ether oxygens (including phenoxy) is 1. The molecule has 1 aliphatic heterocycles. The number of anilines is 1. The maximum atomic E-state index is 13.1. The normalized spacial score (nSPS) is 20.0. The zero-order valence-electron chi connectivity index (χ0n) is 17.9. The van der Waals surface area contributed by atoms with E-state index in [1.165, 1.54) is 41.7 Å². The lowest BCUT2D eigenvalue weighted by Crippen LogP contribution is -2.47. The predicted octanol–water partition coefficient (Wildman–Crippen LogP) is 3.36. The van der Waals surface area contributed by atoms with E-state index in [1.807, 2.05) is 13.8 Å². The second kappa shape index (κ2) is 9.04. The zero-order chi connectivity index (χ0) is 23.7. The molecule has 1 heterocycles. The molecule has 0 aliphatic carbocycles. The van der Waals surface area contributed by atoms with E-state index >= 15 is 0 Å². The van der Waals surface area contributed by atoms with Crippen molar-refractivity contribution in [3.63, 3.8) is 0 Å². The summed E-state index contributed by atoms with van der Waals surface area (Å²) in [4.78, 5) is 10.0. The molecule has 2 aromatic carbocycles. The fraction of sp³-hybridized carbons (Fsp3) is 0.400. The molecule has 0 aromatic heterocycles. The van der Waals surface area contributed by atoms with E-state index in [0.29, 0.717) is 0 Å². The molecule has 1 fully saturated rings. The van der Waals surface area contributed by atoms with Crippen LogP contribution in [0.4, 0.5) is 11.4 Å².